The van der Waals surface area contributed by atoms with E-state index >= 15 is 0 Å². The van der Waals surface area contributed by atoms with Crippen LogP contribution in [0.3, 0.4) is 0 Å². The molecule has 0 N–H and O–H groups in total. The van der Waals surface area contributed by atoms with Crippen molar-refractivity contribution in [1.29, 1.82) is 0 Å². The highest BCUT2D eigenvalue weighted by Crippen LogP contribution is 2.20. The Hall–Kier alpha value is -0.790. The Balaban J connectivity index is 2.18. The smallest absolute Gasteiger partial charge is 0.108 e. The van der Waals surface area contributed by atoms with E-state index < -0.39 is 0 Å². The molecule has 1 aromatic heterocycles. The van der Waals surface area contributed by atoms with Gasteiger partial charge in [0.15, 0.2) is 0 Å². The van der Waals surface area contributed by atoms with E-state index in [0.29, 0.717) is 0 Å². The molecule has 0 unspecified atom stereocenters. The summed E-state index contributed by atoms with van der Waals surface area (Å²) < 4.78 is 2.27. The second kappa shape index (κ2) is 2.68. The van der Waals surface area contributed by atoms with Crippen molar-refractivity contribution in [1.82, 2.24) is 9.55 Å². The van der Waals surface area contributed by atoms with Gasteiger partial charge < -0.3 is 4.57 Å². The van der Waals surface area contributed by atoms with E-state index in [1.165, 1.54) is 31.6 Å². The summed E-state index contributed by atoms with van der Waals surface area (Å²) in [7, 11) is 0. The summed E-state index contributed by atoms with van der Waals surface area (Å²) in [6.45, 7) is 3.44. The van der Waals surface area contributed by atoms with E-state index in [4.69, 9.17) is 0 Å². The zero-order valence-electron chi connectivity index (χ0n) is 6.95. The normalized spacial score (nSPS) is 23.2. The van der Waals surface area contributed by atoms with Gasteiger partial charge in [-0.1, -0.05) is 13.3 Å². The molecule has 0 amide bonds. The van der Waals surface area contributed by atoms with Crippen LogP contribution in [0.1, 0.15) is 25.6 Å². The summed E-state index contributed by atoms with van der Waals surface area (Å²) in [5.74, 6) is 2.16. The van der Waals surface area contributed by atoms with E-state index in [0.717, 1.165) is 5.92 Å². The quantitative estimate of drug-likeness (QED) is 0.597. The van der Waals surface area contributed by atoms with Gasteiger partial charge in [-0.15, -0.1) is 0 Å². The predicted octanol–water partition coefficient (Wildman–Crippen LogP) is 1.86. The van der Waals surface area contributed by atoms with Gasteiger partial charge in [0, 0.05) is 25.4 Å². The first-order valence-electron chi connectivity index (χ1n) is 4.40. The van der Waals surface area contributed by atoms with Crippen molar-refractivity contribution in [2.75, 3.05) is 0 Å². The molecule has 60 valence electrons. The number of aryl methyl sites for hydroxylation is 1. The van der Waals surface area contributed by atoms with E-state index in [1.807, 2.05) is 6.20 Å². The van der Waals surface area contributed by atoms with Crippen LogP contribution >= 0.6 is 0 Å². The molecule has 0 spiro atoms. The van der Waals surface area contributed by atoms with Crippen LogP contribution in [-0.4, -0.2) is 9.55 Å². The molecule has 0 aromatic carbocycles. The molecule has 1 aliphatic rings. The van der Waals surface area contributed by atoms with Crippen LogP contribution in [0.15, 0.2) is 12.4 Å². The number of imidazole rings is 1. The van der Waals surface area contributed by atoms with E-state index in [-0.39, 0.29) is 0 Å². The molecule has 11 heavy (non-hydrogen) atoms. The van der Waals surface area contributed by atoms with Crippen molar-refractivity contribution < 1.29 is 0 Å². The number of aromatic nitrogens is 2. The summed E-state index contributed by atoms with van der Waals surface area (Å²) in [4.78, 5) is 4.32. The SMILES string of the molecule is CC[C@H]1CCn2ccnc2C1. The number of nitrogens with zero attached hydrogens (tertiary/aromatic N) is 2. The first-order chi connectivity index (χ1) is 5.40. The zero-order valence-corrected chi connectivity index (χ0v) is 6.95. The van der Waals surface area contributed by atoms with Gasteiger partial charge in [-0.25, -0.2) is 4.98 Å². The van der Waals surface area contributed by atoms with Crippen LogP contribution < -0.4 is 0 Å². The Morgan fingerprint density at radius 1 is 1.73 bits per heavy atom. The monoisotopic (exact) mass is 150 g/mol. The lowest BCUT2D eigenvalue weighted by Crippen LogP contribution is -2.18. The highest BCUT2D eigenvalue weighted by molar-refractivity contribution is 4.96. The van der Waals surface area contributed by atoms with Crippen molar-refractivity contribution in [2.45, 2.75) is 32.7 Å². The summed E-state index contributed by atoms with van der Waals surface area (Å²) in [5, 5.41) is 0. The van der Waals surface area contributed by atoms with Crippen LogP contribution in [0.5, 0.6) is 0 Å². The minimum absolute atomic E-state index is 0.880. The highest BCUT2D eigenvalue weighted by Gasteiger charge is 2.16. The van der Waals surface area contributed by atoms with E-state index in [1.54, 1.807) is 0 Å². The highest BCUT2D eigenvalue weighted by atomic mass is 15.1. The lowest BCUT2D eigenvalue weighted by atomic mass is 9.95. The van der Waals surface area contributed by atoms with Gasteiger partial charge >= 0.3 is 0 Å². The standard InChI is InChI=1S/C9H14N2/c1-2-8-3-5-11-6-4-10-9(11)7-8/h4,6,8H,2-3,5,7H2,1H3/t8-/m0/s1. The van der Waals surface area contributed by atoms with Gasteiger partial charge in [0.2, 0.25) is 0 Å². The third kappa shape index (κ3) is 1.17. The van der Waals surface area contributed by atoms with Crippen LogP contribution in [-0.2, 0) is 13.0 Å². The van der Waals surface area contributed by atoms with Crippen molar-refractivity contribution in [3.05, 3.63) is 18.2 Å². The molecule has 1 aliphatic heterocycles. The van der Waals surface area contributed by atoms with Crippen LogP contribution in [0.25, 0.3) is 0 Å². The molecule has 1 atom stereocenters. The molecule has 2 heteroatoms. The van der Waals surface area contributed by atoms with Crippen LogP contribution in [0.4, 0.5) is 0 Å². The average molecular weight is 150 g/mol. The Morgan fingerprint density at radius 3 is 3.45 bits per heavy atom. The average Bonchev–Trinajstić information content (AvgIpc) is 2.50. The largest absolute Gasteiger partial charge is 0.335 e. The van der Waals surface area contributed by atoms with Gasteiger partial charge in [0.25, 0.3) is 0 Å². The maximum absolute atomic E-state index is 4.32. The van der Waals surface area contributed by atoms with Gasteiger partial charge in [0.05, 0.1) is 0 Å². The Morgan fingerprint density at radius 2 is 2.64 bits per heavy atom. The van der Waals surface area contributed by atoms with Crippen molar-refractivity contribution in [3.63, 3.8) is 0 Å². The molecule has 2 rings (SSSR count). The van der Waals surface area contributed by atoms with Crippen LogP contribution in [0.2, 0.25) is 0 Å². The lowest BCUT2D eigenvalue weighted by Gasteiger charge is -2.21. The Kier molecular flexibility index (Phi) is 1.68. The predicted molar refractivity (Wildman–Crippen MR) is 44.3 cm³/mol. The molecule has 2 heterocycles. The molecule has 0 bridgehead atoms. The molecule has 0 saturated heterocycles. The van der Waals surface area contributed by atoms with Gasteiger partial charge in [-0.3, -0.25) is 0 Å². The zero-order chi connectivity index (χ0) is 7.68. The van der Waals surface area contributed by atoms with E-state index in [9.17, 15) is 0 Å². The third-order valence-corrected chi connectivity index (χ3v) is 2.63. The first-order valence-corrected chi connectivity index (χ1v) is 4.40. The summed E-state index contributed by atoms with van der Waals surface area (Å²) in [5.41, 5.74) is 0. The second-order valence-corrected chi connectivity index (χ2v) is 3.30. The van der Waals surface area contributed by atoms with E-state index in [2.05, 4.69) is 22.7 Å². The fourth-order valence-electron chi connectivity index (χ4n) is 1.76. The molecule has 0 aliphatic carbocycles. The maximum Gasteiger partial charge on any atom is 0.108 e. The number of hydrogen-bond acceptors (Lipinski definition) is 1. The lowest BCUT2D eigenvalue weighted by molar-refractivity contribution is 0.372. The van der Waals surface area contributed by atoms with Crippen molar-refractivity contribution >= 4 is 0 Å². The Labute approximate surface area is 67.3 Å². The molecule has 1 aromatic rings. The van der Waals surface area contributed by atoms with Gasteiger partial charge in [-0.2, -0.15) is 0 Å². The minimum atomic E-state index is 0.880. The molecular formula is C9H14N2. The minimum Gasteiger partial charge on any atom is -0.335 e. The van der Waals surface area contributed by atoms with Crippen molar-refractivity contribution in [2.24, 2.45) is 5.92 Å². The van der Waals surface area contributed by atoms with Crippen LogP contribution in [0, 0.1) is 5.92 Å². The van der Waals surface area contributed by atoms with Gasteiger partial charge in [0.1, 0.15) is 5.82 Å². The Bertz CT molecular complexity index is 239. The molecular weight excluding hydrogens is 136 g/mol. The molecule has 0 radical (unpaired) electrons. The third-order valence-electron chi connectivity index (χ3n) is 2.63. The molecule has 0 saturated carbocycles. The fourth-order valence-corrected chi connectivity index (χ4v) is 1.76. The first kappa shape index (κ1) is 6.89. The number of fused-ring (bicyclic) bond motifs is 1. The van der Waals surface area contributed by atoms with Crippen molar-refractivity contribution in [3.8, 4) is 0 Å². The summed E-state index contributed by atoms with van der Waals surface area (Å²) >= 11 is 0. The summed E-state index contributed by atoms with van der Waals surface area (Å²) in [6, 6.07) is 0. The molecule has 0 fully saturated rings. The molecule has 2 nitrogen and oxygen atoms in total. The number of hydrogen-bond donors (Lipinski definition) is 0. The topological polar surface area (TPSA) is 17.8 Å². The number of rotatable bonds is 1. The summed E-state index contributed by atoms with van der Waals surface area (Å²) in [6.07, 6.45) is 7.81. The maximum atomic E-state index is 4.32. The second-order valence-electron chi connectivity index (χ2n) is 3.30. The fraction of sp³-hybridized carbons (Fsp3) is 0.667. The van der Waals surface area contributed by atoms with Gasteiger partial charge in [-0.05, 0) is 12.3 Å².